The Bertz CT molecular complexity index is 928. The van der Waals surface area contributed by atoms with E-state index in [1.54, 1.807) is 4.90 Å². The van der Waals surface area contributed by atoms with E-state index in [-0.39, 0.29) is 11.8 Å². The van der Waals surface area contributed by atoms with Gasteiger partial charge >= 0.3 is 0 Å². The maximum Gasteiger partial charge on any atom is 0.254 e. The molecule has 6 nitrogen and oxygen atoms in total. The molecule has 1 aliphatic rings. The van der Waals surface area contributed by atoms with Gasteiger partial charge in [-0.1, -0.05) is 18.2 Å². The van der Waals surface area contributed by atoms with Gasteiger partial charge < -0.3 is 9.64 Å². The van der Waals surface area contributed by atoms with Crippen molar-refractivity contribution in [2.24, 2.45) is 0 Å². The van der Waals surface area contributed by atoms with Crippen LogP contribution in [-0.4, -0.2) is 39.1 Å². The first-order valence-electron chi connectivity index (χ1n) is 8.88. The Labute approximate surface area is 156 Å². The van der Waals surface area contributed by atoms with Crippen molar-refractivity contribution in [1.29, 1.82) is 0 Å². The summed E-state index contributed by atoms with van der Waals surface area (Å²) in [5.41, 5.74) is 1.25. The number of nitrogens with one attached hydrogen (secondary N) is 1. The molecule has 1 amide bonds. The molecule has 0 spiro atoms. The van der Waals surface area contributed by atoms with Gasteiger partial charge in [-0.05, 0) is 31.0 Å². The van der Waals surface area contributed by atoms with E-state index >= 15 is 0 Å². The summed E-state index contributed by atoms with van der Waals surface area (Å²) in [6.45, 7) is 1.20. The Balaban J connectivity index is 1.45. The summed E-state index contributed by atoms with van der Waals surface area (Å²) in [6.07, 6.45) is 3.13. The van der Waals surface area contributed by atoms with Crippen molar-refractivity contribution in [3.8, 4) is 11.6 Å². The average Bonchev–Trinajstić information content (AvgIpc) is 3.17. The van der Waals surface area contributed by atoms with E-state index in [4.69, 9.17) is 4.74 Å². The number of benzene rings is 1. The normalized spacial score (nSPS) is 16.9. The first-order chi connectivity index (χ1) is 13.2. The molecule has 1 N–H and O–H groups in total. The molecule has 0 radical (unpaired) electrons. The van der Waals surface area contributed by atoms with Crippen molar-refractivity contribution >= 4 is 5.91 Å². The summed E-state index contributed by atoms with van der Waals surface area (Å²) in [5.74, 6) is 0.522. The molecule has 2 aromatic heterocycles. The highest BCUT2D eigenvalue weighted by molar-refractivity contribution is 5.94. The highest BCUT2D eigenvalue weighted by atomic mass is 19.1. The molecule has 0 aliphatic carbocycles. The number of aromatic amines is 1. The lowest BCUT2D eigenvalue weighted by Gasteiger charge is -2.32. The summed E-state index contributed by atoms with van der Waals surface area (Å²) < 4.78 is 19.0. The van der Waals surface area contributed by atoms with E-state index in [0.29, 0.717) is 24.5 Å². The van der Waals surface area contributed by atoms with Gasteiger partial charge in [0.1, 0.15) is 5.75 Å². The van der Waals surface area contributed by atoms with Crippen LogP contribution in [0.15, 0.2) is 54.7 Å². The van der Waals surface area contributed by atoms with Gasteiger partial charge in [0.15, 0.2) is 0 Å². The number of rotatable bonds is 4. The molecule has 0 unspecified atom stereocenters. The standard InChI is InChI=1S/C20H19FN4O2/c21-18-11-14(8-9-22-18)20(26)25-10-4-5-15(13-25)17-12-19(24-23-17)27-16-6-2-1-3-7-16/h1-3,6-9,11-12,15H,4-5,10,13H2,(H,23,24)/t15-/m0/s1. The highest BCUT2D eigenvalue weighted by Gasteiger charge is 2.27. The fourth-order valence-electron chi connectivity index (χ4n) is 3.32. The van der Waals surface area contributed by atoms with Gasteiger partial charge in [0.05, 0.1) is 0 Å². The third-order valence-electron chi connectivity index (χ3n) is 4.66. The van der Waals surface area contributed by atoms with Crippen LogP contribution >= 0.6 is 0 Å². The smallest absolute Gasteiger partial charge is 0.254 e. The van der Waals surface area contributed by atoms with Gasteiger partial charge in [0.25, 0.3) is 5.91 Å². The predicted octanol–water partition coefficient (Wildman–Crippen LogP) is 3.76. The van der Waals surface area contributed by atoms with E-state index < -0.39 is 5.95 Å². The lowest BCUT2D eigenvalue weighted by atomic mass is 9.94. The topological polar surface area (TPSA) is 71.1 Å². The number of carbonyl (C=O) groups is 1. The van der Waals surface area contributed by atoms with Crippen molar-refractivity contribution < 1.29 is 13.9 Å². The molecule has 3 heterocycles. The molecule has 1 fully saturated rings. The Morgan fingerprint density at radius 1 is 1.22 bits per heavy atom. The van der Waals surface area contributed by atoms with Crippen LogP contribution < -0.4 is 4.74 Å². The van der Waals surface area contributed by atoms with Crippen molar-refractivity contribution in [1.82, 2.24) is 20.1 Å². The van der Waals surface area contributed by atoms with E-state index in [0.717, 1.165) is 24.3 Å². The largest absolute Gasteiger partial charge is 0.438 e. The molecule has 1 atom stereocenters. The van der Waals surface area contributed by atoms with Crippen LogP contribution in [0.25, 0.3) is 0 Å². The zero-order valence-electron chi connectivity index (χ0n) is 14.6. The lowest BCUT2D eigenvalue weighted by molar-refractivity contribution is 0.0705. The number of H-pyrrole nitrogens is 1. The average molecular weight is 366 g/mol. The number of piperidine rings is 1. The highest BCUT2D eigenvalue weighted by Crippen LogP contribution is 2.29. The van der Waals surface area contributed by atoms with Crippen molar-refractivity contribution in [3.05, 3.63) is 71.9 Å². The summed E-state index contributed by atoms with van der Waals surface area (Å²) in [5, 5.41) is 7.24. The lowest BCUT2D eigenvalue weighted by Crippen LogP contribution is -2.39. The number of hydrogen-bond acceptors (Lipinski definition) is 4. The molecule has 0 saturated carbocycles. The fourth-order valence-corrected chi connectivity index (χ4v) is 3.32. The van der Waals surface area contributed by atoms with E-state index in [1.807, 2.05) is 36.4 Å². The minimum Gasteiger partial charge on any atom is -0.438 e. The summed E-state index contributed by atoms with van der Waals surface area (Å²) in [6, 6.07) is 14.0. The number of para-hydroxylation sites is 1. The van der Waals surface area contributed by atoms with E-state index in [2.05, 4.69) is 15.2 Å². The summed E-state index contributed by atoms with van der Waals surface area (Å²) >= 11 is 0. The fraction of sp³-hybridized carbons (Fsp3) is 0.250. The van der Waals surface area contributed by atoms with Crippen LogP contribution in [0, 0.1) is 5.95 Å². The van der Waals surface area contributed by atoms with Crippen LogP contribution in [0.3, 0.4) is 0 Å². The molecular weight excluding hydrogens is 347 g/mol. The van der Waals surface area contributed by atoms with Crippen LogP contribution in [0.4, 0.5) is 4.39 Å². The number of pyridine rings is 1. The Morgan fingerprint density at radius 2 is 2.07 bits per heavy atom. The van der Waals surface area contributed by atoms with Gasteiger partial charge in [0.2, 0.25) is 11.8 Å². The third kappa shape index (κ3) is 3.97. The number of nitrogens with zero attached hydrogens (tertiary/aromatic N) is 3. The van der Waals surface area contributed by atoms with Crippen LogP contribution in [0.1, 0.15) is 34.8 Å². The van der Waals surface area contributed by atoms with E-state index in [9.17, 15) is 9.18 Å². The SMILES string of the molecule is O=C(c1ccnc(F)c1)N1CCC[C@H](c2cc(Oc3ccccc3)n[nH]2)C1. The maximum atomic E-state index is 13.3. The Hall–Kier alpha value is -3.22. The number of carbonyl (C=O) groups excluding carboxylic acids is 1. The maximum absolute atomic E-state index is 13.3. The van der Waals surface area contributed by atoms with Gasteiger partial charge in [-0.25, -0.2) is 4.98 Å². The second kappa shape index (κ2) is 7.57. The zero-order valence-corrected chi connectivity index (χ0v) is 14.6. The van der Waals surface area contributed by atoms with Crippen molar-refractivity contribution in [3.63, 3.8) is 0 Å². The molecule has 7 heteroatoms. The zero-order chi connectivity index (χ0) is 18.6. The molecule has 3 aromatic rings. The quantitative estimate of drug-likeness (QED) is 0.714. The number of likely N-dealkylation sites (tertiary alicyclic amines) is 1. The first kappa shape index (κ1) is 17.2. The molecule has 4 rings (SSSR count). The van der Waals surface area contributed by atoms with Gasteiger partial charge in [-0.2, -0.15) is 4.39 Å². The summed E-state index contributed by atoms with van der Waals surface area (Å²) in [4.78, 5) is 17.9. The van der Waals surface area contributed by atoms with Crippen LogP contribution in [0.2, 0.25) is 0 Å². The van der Waals surface area contributed by atoms with Gasteiger partial charge in [0, 0.05) is 48.6 Å². The minimum absolute atomic E-state index is 0.134. The predicted molar refractivity (Wildman–Crippen MR) is 97.2 cm³/mol. The van der Waals surface area contributed by atoms with Gasteiger partial charge in [-0.3, -0.25) is 9.89 Å². The number of amides is 1. The minimum atomic E-state index is -0.648. The molecule has 138 valence electrons. The molecule has 0 bridgehead atoms. The first-order valence-corrected chi connectivity index (χ1v) is 8.88. The van der Waals surface area contributed by atoms with Crippen LogP contribution in [-0.2, 0) is 0 Å². The monoisotopic (exact) mass is 366 g/mol. The number of hydrogen-bond donors (Lipinski definition) is 1. The van der Waals surface area contributed by atoms with Crippen molar-refractivity contribution in [2.75, 3.05) is 13.1 Å². The molecule has 1 aliphatic heterocycles. The summed E-state index contributed by atoms with van der Waals surface area (Å²) in [7, 11) is 0. The second-order valence-electron chi connectivity index (χ2n) is 6.53. The molecule has 1 aromatic carbocycles. The molecular formula is C20H19FN4O2. The second-order valence-corrected chi connectivity index (χ2v) is 6.53. The number of aromatic nitrogens is 3. The Morgan fingerprint density at radius 3 is 2.89 bits per heavy atom. The van der Waals surface area contributed by atoms with Crippen molar-refractivity contribution in [2.45, 2.75) is 18.8 Å². The van der Waals surface area contributed by atoms with E-state index in [1.165, 1.54) is 18.3 Å². The third-order valence-corrected chi connectivity index (χ3v) is 4.66. The number of ether oxygens (including phenoxy) is 1. The molecule has 1 saturated heterocycles. The Kier molecular flexibility index (Phi) is 4.82. The number of halogens is 1. The van der Waals surface area contributed by atoms with Gasteiger partial charge in [-0.15, -0.1) is 5.10 Å². The van der Waals surface area contributed by atoms with Crippen LogP contribution in [0.5, 0.6) is 11.6 Å². The molecule has 27 heavy (non-hydrogen) atoms.